The zero-order chi connectivity index (χ0) is 19.3. The van der Waals surface area contributed by atoms with E-state index < -0.39 is 12.1 Å². The molecule has 1 aromatic heterocycles. The maximum absolute atomic E-state index is 13.0. The zero-order valence-electron chi connectivity index (χ0n) is 15.5. The minimum absolute atomic E-state index is 0.101. The fourth-order valence-electron chi connectivity index (χ4n) is 3.44. The fourth-order valence-corrected chi connectivity index (χ4v) is 3.44. The molecule has 2 heterocycles. The Labute approximate surface area is 163 Å². The molecule has 1 aliphatic heterocycles. The number of carbonyl (C=O) groups excluding carboxylic acids is 2. The summed E-state index contributed by atoms with van der Waals surface area (Å²) in [6.45, 7) is 2.00. The minimum Gasteiger partial charge on any atom is -0.447 e. The van der Waals surface area contributed by atoms with Gasteiger partial charge in [0.05, 0.1) is 19.6 Å². The highest BCUT2D eigenvalue weighted by molar-refractivity contribution is 5.89. The standard InChI is InChI=1S/C22H22N2O4/c25-20(14-17-15-23-19-9-5-4-8-18(17)19)28-21(16-6-2-1-3-7-16)22(26)24-10-12-27-13-11-24/h1-9,15,21,23H,10-14H2/t21-/m0/s1. The second-order valence-corrected chi connectivity index (χ2v) is 6.75. The number of amides is 1. The summed E-state index contributed by atoms with van der Waals surface area (Å²) in [5.41, 5.74) is 2.49. The highest BCUT2D eigenvalue weighted by Crippen LogP contribution is 2.23. The topological polar surface area (TPSA) is 71.6 Å². The Balaban J connectivity index is 1.53. The summed E-state index contributed by atoms with van der Waals surface area (Å²) < 4.78 is 11.0. The van der Waals surface area contributed by atoms with Crippen molar-refractivity contribution in [2.75, 3.05) is 26.3 Å². The molecule has 0 saturated carbocycles. The number of para-hydroxylation sites is 1. The summed E-state index contributed by atoms with van der Waals surface area (Å²) >= 11 is 0. The van der Waals surface area contributed by atoms with Crippen molar-refractivity contribution in [3.8, 4) is 0 Å². The van der Waals surface area contributed by atoms with Crippen LogP contribution in [-0.2, 0) is 25.5 Å². The predicted molar refractivity (Wildman–Crippen MR) is 105 cm³/mol. The van der Waals surface area contributed by atoms with Gasteiger partial charge in [-0.15, -0.1) is 0 Å². The van der Waals surface area contributed by atoms with Gasteiger partial charge in [0.1, 0.15) is 0 Å². The summed E-state index contributed by atoms with van der Waals surface area (Å²) in [4.78, 5) is 30.6. The average molecular weight is 378 g/mol. The van der Waals surface area contributed by atoms with E-state index in [4.69, 9.17) is 9.47 Å². The number of rotatable bonds is 5. The molecule has 3 aromatic rings. The molecule has 28 heavy (non-hydrogen) atoms. The van der Waals surface area contributed by atoms with Gasteiger partial charge in [-0.05, 0) is 11.6 Å². The first-order valence-electron chi connectivity index (χ1n) is 9.38. The number of fused-ring (bicyclic) bond motifs is 1. The zero-order valence-corrected chi connectivity index (χ0v) is 15.5. The van der Waals surface area contributed by atoms with Gasteiger partial charge in [-0.2, -0.15) is 0 Å². The lowest BCUT2D eigenvalue weighted by atomic mass is 10.1. The van der Waals surface area contributed by atoms with E-state index >= 15 is 0 Å². The first-order valence-corrected chi connectivity index (χ1v) is 9.38. The van der Waals surface area contributed by atoms with Crippen LogP contribution in [0.25, 0.3) is 10.9 Å². The maximum atomic E-state index is 13.0. The van der Waals surface area contributed by atoms with E-state index in [9.17, 15) is 9.59 Å². The van der Waals surface area contributed by atoms with Gasteiger partial charge in [0.2, 0.25) is 6.10 Å². The van der Waals surface area contributed by atoms with Crippen LogP contribution < -0.4 is 0 Å². The van der Waals surface area contributed by atoms with Crippen LogP contribution in [-0.4, -0.2) is 48.1 Å². The summed E-state index contributed by atoms with van der Waals surface area (Å²) in [5.74, 6) is -0.637. The number of aromatic amines is 1. The quantitative estimate of drug-likeness (QED) is 0.693. The van der Waals surface area contributed by atoms with E-state index in [1.807, 2.05) is 60.8 Å². The number of benzene rings is 2. The normalized spacial score (nSPS) is 15.4. The van der Waals surface area contributed by atoms with Gasteiger partial charge in [0.15, 0.2) is 0 Å². The van der Waals surface area contributed by atoms with Crippen LogP contribution in [0.1, 0.15) is 17.2 Å². The fraction of sp³-hybridized carbons (Fsp3) is 0.273. The second-order valence-electron chi connectivity index (χ2n) is 6.75. The number of aromatic nitrogens is 1. The third-order valence-electron chi connectivity index (χ3n) is 4.91. The lowest BCUT2D eigenvalue weighted by Crippen LogP contribution is -2.44. The SMILES string of the molecule is O=C(Cc1c[nH]c2ccccc12)O[C@H](C(=O)N1CCOCC1)c1ccccc1. The Morgan fingerprint density at radius 3 is 2.54 bits per heavy atom. The number of nitrogens with one attached hydrogen (secondary N) is 1. The Kier molecular flexibility index (Phi) is 5.39. The van der Waals surface area contributed by atoms with Crippen molar-refractivity contribution in [2.45, 2.75) is 12.5 Å². The lowest BCUT2D eigenvalue weighted by Gasteiger charge is -2.30. The average Bonchev–Trinajstić information content (AvgIpc) is 3.15. The van der Waals surface area contributed by atoms with Crippen LogP contribution in [0.15, 0.2) is 60.8 Å². The van der Waals surface area contributed by atoms with E-state index in [-0.39, 0.29) is 12.3 Å². The van der Waals surface area contributed by atoms with Crippen molar-refractivity contribution in [3.63, 3.8) is 0 Å². The molecular formula is C22H22N2O4. The van der Waals surface area contributed by atoms with E-state index in [1.165, 1.54) is 0 Å². The van der Waals surface area contributed by atoms with Gasteiger partial charge >= 0.3 is 5.97 Å². The van der Waals surface area contributed by atoms with Gasteiger partial charge in [-0.1, -0.05) is 48.5 Å². The number of H-pyrrole nitrogens is 1. The highest BCUT2D eigenvalue weighted by Gasteiger charge is 2.30. The third kappa shape index (κ3) is 3.92. The molecule has 1 saturated heterocycles. The number of hydrogen-bond donors (Lipinski definition) is 1. The van der Waals surface area contributed by atoms with E-state index in [2.05, 4.69) is 4.98 Å². The first-order chi connectivity index (χ1) is 13.7. The van der Waals surface area contributed by atoms with Gasteiger partial charge in [-0.25, -0.2) is 0 Å². The summed E-state index contributed by atoms with van der Waals surface area (Å²) in [6.07, 6.45) is 0.966. The van der Waals surface area contributed by atoms with Crippen LogP contribution in [0.4, 0.5) is 0 Å². The van der Waals surface area contributed by atoms with Gasteiger partial charge < -0.3 is 19.4 Å². The number of carbonyl (C=O) groups is 2. The van der Waals surface area contributed by atoms with E-state index in [0.29, 0.717) is 31.9 Å². The van der Waals surface area contributed by atoms with Crippen molar-refractivity contribution in [1.29, 1.82) is 0 Å². The number of esters is 1. The molecule has 6 heteroatoms. The van der Waals surface area contributed by atoms with Crippen molar-refractivity contribution in [3.05, 3.63) is 71.9 Å². The Hall–Kier alpha value is -3.12. The van der Waals surface area contributed by atoms with Gasteiger partial charge in [0, 0.05) is 35.8 Å². The van der Waals surface area contributed by atoms with Crippen molar-refractivity contribution < 1.29 is 19.1 Å². The number of hydrogen-bond acceptors (Lipinski definition) is 4. The van der Waals surface area contributed by atoms with Crippen LogP contribution in [0.5, 0.6) is 0 Å². The minimum atomic E-state index is -0.947. The van der Waals surface area contributed by atoms with E-state index in [0.717, 1.165) is 16.5 Å². The molecule has 1 N–H and O–H groups in total. The van der Waals surface area contributed by atoms with Crippen molar-refractivity contribution in [2.24, 2.45) is 0 Å². The number of ether oxygens (including phenoxy) is 2. The largest absolute Gasteiger partial charge is 0.447 e. The van der Waals surface area contributed by atoms with Gasteiger partial charge in [0.25, 0.3) is 5.91 Å². The Morgan fingerprint density at radius 2 is 1.75 bits per heavy atom. The smallest absolute Gasteiger partial charge is 0.311 e. The molecule has 0 radical (unpaired) electrons. The van der Waals surface area contributed by atoms with Crippen molar-refractivity contribution >= 4 is 22.8 Å². The summed E-state index contributed by atoms with van der Waals surface area (Å²) in [5, 5.41) is 0.982. The molecule has 144 valence electrons. The van der Waals surface area contributed by atoms with Crippen molar-refractivity contribution in [1.82, 2.24) is 9.88 Å². The second kappa shape index (κ2) is 8.27. The molecular weight excluding hydrogens is 356 g/mol. The van der Waals surface area contributed by atoms with Crippen LogP contribution >= 0.6 is 0 Å². The molecule has 6 nitrogen and oxygen atoms in total. The Bertz CT molecular complexity index is 961. The third-order valence-corrected chi connectivity index (χ3v) is 4.91. The van der Waals surface area contributed by atoms with Crippen LogP contribution in [0.2, 0.25) is 0 Å². The molecule has 0 unspecified atom stereocenters. The van der Waals surface area contributed by atoms with Crippen LogP contribution in [0, 0.1) is 0 Å². The molecule has 4 rings (SSSR count). The summed E-state index contributed by atoms with van der Waals surface area (Å²) in [7, 11) is 0. The first kappa shape index (κ1) is 18.3. The van der Waals surface area contributed by atoms with Crippen LogP contribution in [0.3, 0.4) is 0 Å². The van der Waals surface area contributed by atoms with Gasteiger partial charge in [-0.3, -0.25) is 9.59 Å². The maximum Gasteiger partial charge on any atom is 0.311 e. The summed E-state index contributed by atoms with van der Waals surface area (Å²) in [6, 6.07) is 16.9. The molecule has 0 bridgehead atoms. The number of morpholine rings is 1. The molecule has 1 amide bonds. The highest BCUT2D eigenvalue weighted by atomic mass is 16.5. The molecule has 2 aromatic carbocycles. The molecule has 1 atom stereocenters. The molecule has 0 spiro atoms. The van der Waals surface area contributed by atoms with E-state index in [1.54, 1.807) is 4.90 Å². The Morgan fingerprint density at radius 1 is 1.04 bits per heavy atom. The molecule has 0 aliphatic carbocycles. The molecule has 1 fully saturated rings. The monoisotopic (exact) mass is 378 g/mol. The number of nitrogens with zero attached hydrogens (tertiary/aromatic N) is 1. The lowest BCUT2D eigenvalue weighted by molar-refractivity contribution is -0.162. The molecule has 1 aliphatic rings. The predicted octanol–water partition coefficient (Wildman–Crippen LogP) is 2.85.